The van der Waals surface area contributed by atoms with Crippen LogP contribution in [0.4, 0.5) is 11.4 Å². The zero-order valence-corrected chi connectivity index (χ0v) is 25.7. The van der Waals surface area contributed by atoms with Gasteiger partial charge in [0.1, 0.15) is 18.3 Å². The summed E-state index contributed by atoms with van der Waals surface area (Å²) in [5.41, 5.74) is 1.62. The lowest BCUT2D eigenvalue weighted by Crippen LogP contribution is -2.53. The maximum atomic E-state index is 14.2. The van der Waals surface area contributed by atoms with Gasteiger partial charge in [-0.2, -0.15) is 0 Å². The third-order valence-corrected chi connectivity index (χ3v) is 8.07. The van der Waals surface area contributed by atoms with Gasteiger partial charge in [-0.05, 0) is 42.2 Å². The molecule has 0 radical (unpaired) electrons. The van der Waals surface area contributed by atoms with Gasteiger partial charge in [0.05, 0.1) is 24.0 Å². The minimum Gasteiger partial charge on any atom is -0.497 e. The Hall–Kier alpha value is -4.45. The van der Waals surface area contributed by atoms with Gasteiger partial charge in [-0.15, -0.1) is 0 Å². The number of aryl methyl sites for hydroxylation is 1. The molecule has 0 aromatic heterocycles. The molecule has 3 rings (SSSR count). The molecule has 0 aliphatic heterocycles. The molecule has 1 atom stereocenters. The first-order valence-corrected chi connectivity index (χ1v) is 15.8. The quantitative estimate of drug-likeness (QED) is 0.154. The fraction of sp³-hybridized carbons (Fsp3) is 0.355. The maximum Gasteiger partial charge on any atom is 0.271 e. The number of carbonyl (C=O) groups is 2. The van der Waals surface area contributed by atoms with Gasteiger partial charge in [0.25, 0.3) is 5.69 Å². The number of unbranched alkanes of at least 4 members (excludes halogenated alkanes) is 1. The Labute approximate surface area is 252 Å². The molecule has 1 unspecified atom stereocenters. The van der Waals surface area contributed by atoms with E-state index in [1.54, 1.807) is 31.2 Å². The lowest BCUT2D eigenvalue weighted by atomic mass is 10.0. The SMILES string of the molecule is CCCCNC(=O)C(Cc1ccccc1)N(Cc1cccc(OC)c1)C(=O)CN(c1cc([N+](=O)[O-])ccc1C)S(C)(=O)=O. The first-order valence-electron chi connectivity index (χ1n) is 13.9. The second-order valence-corrected chi connectivity index (χ2v) is 12.1. The molecule has 1 N–H and O–H groups in total. The van der Waals surface area contributed by atoms with E-state index in [0.717, 1.165) is 35.0 Å². The highest BCUT2D eigenvalue weighted by Crippen LogP contribution is 2.28. The molecule has 3 aromatic rings. The number of nitro benzene ring substituents is 1. The first-order chi connectivity index (χ1) is 20.4. The monoisotopic (exact) mass is 610 g/mol. The van der Waals surface area contributed by atoms with Crippen molar-refractivity contribution in [2.24, 2.45) is 0 Å². The molecule has 0 saturated carbocycles. The molecule has 43 heavy (non-hydrogen) atoms. The fourth-order valence-corrected chi connectivity index (χ4v) is 5.50. The molecule has 0 heterocycles. The van der Waals surface area contributed by atoms with Crippen LogP contribution in [0.25, 0.3) is 0 Å². The first kappa shape index (κ1) is 33.1. The van der Waals surface area contributed by atoms with Crippen molar-refractivity contribution < 1.29 is 27.7 Å². The minimum absolute atomic E-state index is 0.0124. The van der Waals surface area contributed by atoms with Gasteiger partial charge in [-0.25, -0.2) is 8.42 Å². The molecule has 12 heteroatoms. The van der Waals surface area contributed by atoms with E-state index in [0.29, 0.717) is 23.4 Å². The highest BCUT2D eigenvalue weighted by atomic mass is 32.2. The Kier molecular flexibility index (Phi) is 11.6. The van der Waals surface area contributed by atoms with Crippen LogP contribution in [-0.2, 0) is 32.6 Å². The van der Waals surface area contributed by atoms with Gasteiger partial charge >= 0.3 is 0 Å². The molecule has 11 nitrogen and oxygen atoms in total. The molecule has 0 fully saturated rings. The van der Waals surface area contributed by atoms with Crippen molar-refractivity contribution in [3.05, 3.63) is 99.6 Å². The smallest absolute Gasteiger partial charge is 0.271 e. The maximum absolute atomic E-state index is 14.2. The van der Waals surface area contributed by atoms with E-state index in [9.17, 15) is 28.1 Å². The topological polar surface area (TPSA) is 139 Å². The molecule has 3 aromatic carbocycles. The molecule has 0 bridgehead atoms. The highest BCUT2D eigenvalue weighted by molar-refractivity contribution is 7.92. The van der Waals surface area contributed by atoms with Crippen LogP contribution in [0.5, 0.6) is 5.75 Å². The van der Waals surface area contributed by atoms with Crippen LogP contribution in [0.3, 0.4) is 0 Å². The molecule has 0 aliphatic carbocycles. The standard InChI is InChI=1S/C31H38N4O7S/c1-5-6-17-32-31(37)29(19-24-11-8-7-9-12-24)33(21-25-13-10-14-27(18-25)42-3)30(36)22-34(43(4,40)41)28-20-26(35(38)39)16-15-23(28)2/h7-16,18,20,29H,5-6,17,19,21-22H2,1-4H3,(H,32,37). The zero-order chi connectivity index (χ0) is 31.6. The van der Waals surface area contributed by atoms with Gasteiger partial charge in [0.15, 0.2) is 0 Å². The van der Waals surface area contributed by atoms with Crippen LogP contribution in [0.1, 0.15) is 36.5 Å². The number of nitrogens with one attached hydrogen (secondary N) is 1. The summed E-state index contributed by atoms with van der Waals surface area (Å²) in [4.78, 5) is 40.1. The number of ether oxygens (including phenoxy) is 1. The Bertz CT molecular complexity index is 1530. The van der Waals surface area contributed by atoms with Crippen LogP contribution in [0.2, 0.25) is 0 Å². The highest BCUT2D eigenvalue weighted by Gasteiger charge is 2.33. The van der Waals surface area contributed by atoms with E-state index in [2.05, 4.69) is 5.32 Å². The Morgan fingerprint density at radius 1 is 1.02 bits per heavy atom. The van der Waals surface area contributed by atoms with E-state index >= 15 is 0 Å². The van der Waals surface area contributed by atoms with Gasteiger partial charge in [-0.3, -0.25) is 24.0 Å². The third-order valence-electron chi connectivity index (χ3n) is 6.94. The molecule has 0 spiro atoms. The zero-order valence-electron chi connectivity index (χ0n) is 24.9. The summed E-state index contributed by atoms with van der Waals surface area (Å²) in [6, 6.07) is 19.2. The van der Waals surface area contributed by atoms with Crippen LogP contribution in [-0.4, -0.2) is 62.6 Å². The number of methoxy groups -OCH3 is 1. The Balaban J connectivity index is 2.10. The number of amides is 2. The molecular weight excluding hydrogens is 572 g/mol. The normalized spacial score (nSPS) is 11.8. The minimum atomic E-state index is -4.07. The number of nitro groups is 1. The van der Waals surface area contributed by atoms with E-state index in [4.69, 9.17) is 4.74 Å². The van der Waals surface area contributed by atoms with Crippen LogP contribution in [0.15, 0.2) is 72.8 Å². The lowest BCUT2D eigenvalue weighted by molar-refractivity contribution is -0.384. The van der Waals surface area contributed by atoms with Gasteiger partial charge < -0.3 is 15.0 Å². The second-order valence-electron chi connectivity index (χ2n) is 10.2. The molecular formula is C31H38N4O7S. The molecule has 0 aliphatic rings. The Morgan fingerprint density at radius 3 is 2.35 bits per heavy atom. The summed E-state index contributed by atoms with van der Waals surface area (Å²) >= 11 is 0. The number of sulfonamides is 1. The number of hydrogen-bond acceptors (Lipinski definition) is 7. The molecule has 230 valence electrons. The number of non-ortho nitro benzene ring substituents is 1. The lowest BCUT2D eigenvalue weighted by Gasteiger charge is -2.33. The van der Waals surface area contributed by atoms with Crippen molar-refractivity contribution in [2.45, 2.75) is 45.7 Å². The average molecular weight is 611 g/mol. The molecule has 2 amide bonds. The van der Waals surface area contributed by atoms with E-state index in [-0.39, 0.29) is 30.2 Å². The number of anilines is 1. The predicted molar refractivity (Wildman–Crippen MR) is 165 cm³/mol. The number of carbonyl (C=O) groups excluding carboxylic acids is 2. The van der Waals surface area contributed by atoms with Crippen molar-refractivity contribution >= 4 is 33.2 Å². The summed E-state index contributed by atoms with van der Waals surface area (Å²) < 4.78 is 32.3. The second kappa shape index (κ2) is 15.1. The van der Waals surface area contributed by atoms with E-state index in [1.807, 2.05) is 37.3 Å². The summed E-state index contributed by atoms with van der Waals surface area (Å²) in [7, 11) is -2.55. The van der Waals surface area contributed by atoms with Crippen molar-refractivity contribution in [3.8, 4) is 5.75 Å². The number of hydrogen-bond donors (Lipinski definition) is 1. The van der Waals surface area contributed by atoms with Crippen molar-refractivity contribution in [1.82, 2.24) is 10.2 Å². The van der Waals surface area contributed by atoms with Crippen molar-refractivity contribution in [1.29, 1.82) is 0 Å². The third kappa shape index (κ3) is 9.27. The van der Waals surface area contributed by atoms with Crippen molar-refractivity contribution in [3.63, 3.8) is 0 Å². The largest absolute Gasteiger partial charge is 0.497 e. The van der Waals surface area contributed by atoms with Gasteiger partial charge in [0, 0.05) is 31.6 Å². The number of benzene rings is 3. The van der Waals surface area contributed by atoms with Gasteiger partial charge in [-0.1, -0.05) is 61.9 Å². The average Bonchev–Trinajstić information content (AvgIpc) is 2.98. The molecule has 0 saturated heterocycles. The summed E-state index contributed by atoms with van der Waals surface area (Å²) in [5.74, 6) is -0.460. The van der Waals surface area contributed by atoms with Gasteiger partial charge in [0.2, 0.25) is 21.8 Å². The number of rotatable bonds is 15. The Morgan fingerprint density at radius 2 is 1.72 bits per heavy atom. The van der Waals surface area contributed by atoms with Crippen LogP contribution >= 0.6 is 0 Å². The summed E-state index contributed by atoms with van der Waals surface area (Å²) in [5, 5.41) is 14.4. The fourth-order valence-electron chi connectivity index (χ4n) is 4.60. The van der Waals surface area contributed by atoms with E-state index < -0.39 is 33.4 Å². The summed E-state index contributed by atoms with van der Waals surface area (Å²) in [6.45, 7) is 3.35. The van der Waals surface area contributed by atoms with Crippen LogP contribution < -0.4 is 14.4 Å². The van der Waals surface area contributed by atoms with E-state index in [1.165, 1.54) is 24.1 Å². The number of nitrogens with zero attached hydrogens (tertiary/aromatic N) is 3. The van der Waals surface area contributed by atoms with Crippen LogP contribution in [0, 0.1) is 17.0 Å². The summed E-state index contributed by atoms with van der Waals surface area (Å²) in [6.07, 6.45) is 2.73. The predicted octanol–water partition coefficient (Wildman–Crippen LogP) is 4.23. The van der Waals surface area contributed by atoms with Crippen molar-refractivity contribution in [2.75, 3.05) is 30.8 Å².